The molecule has 2 nitrogen and oxygen atoms in total. The van der Waals surface area contributed by atoms with Crippen LogP contribution in [0.3, 0.4) is 0 Å². The van der Waals surface area contributed by atoms with Crippen LogP contribution in [0.15, 0.2) is 23.8 Å². The van der Waals surface area contributed by atoms with Gasteiger partial charge >= 0.3 is 0 Å². The highest BCUT2D eigenvalue weighted by molar-refractivity contribution is 6.32. The summed E-state index contributed by atoms with van der Waals surface area (Å²) in [5.74, 6) is 1.23. The lowest BCUT2D eigenvalue weighted by atomic mass is 10.00. The molecule has 18 heavy (non-hydrogen) atoms. The van der Waals surface area contributed by atoms with Crippen molar-refractivity contribution in [3.8, 4) is 5.75 Å². The Hall–Kier alpha value is -0.990. The summed E-state index contributed by atoms with van der Waals surface area (Å²) in [7, 11) is 1.63. The molecule has 100 valence electrons. The van der Waals surface area contributed by atoms with E-state index in [1.54, 1.807) is 7.11 Å². The van der Waals surface area contributed by atoms with E-state index in [0.717, 1.165) is 18.7 Å². The van der Waals surface area contributed by atoms with E-state index >= 15 is 0 Å². The van der Waals surface area contributed by atoms with Crippen molar-refractivity contribution in [3.05, 3.63) is 34.4 Å². The second-order valence-corrected chi connectivity index (χ2v) is 4.96. The molecule has 0 heterocycles. The number of hydrogen-bond donors (Lipinski definition) is 1. The van der Waals surface area contributed by atoms with Crippen LogP contribution >= 0.6 is 11.6 Å². The Morgan fingerprint density at radius 3 is 2.67 bits per heavy atom. The van der Waals surface area contributed by atoms with Gasteiger partial charge in [-0.25, -0.2) is 0 Å². The molecular weight excluding hydrogens is 246 g/mol. The highest BCUT2D eigenvalue weighted by atomic mass is 35.5. The standard InChI is InChI=1S/C15H22ClNO/c1-5-17-10-13(11(2)3)8-12-6-7-15(18-4)14(16)9-12/h6-9,11,17H,5,10H2,1-4H3. The molecule has 0 spiro atoms. The summed E-state index contributed by atoms with van der Waals surface area (Å²) in [5.41, 5.74) is 2.49. The molecule has 0 radical (unpaired) electrons. The van der Waals surface area contributed by atoms with E-state index < -0.39 is 0 Å². The molecule has 0 saturated carbocycles. The molecule has 1 N–H and O–H groups in total. The smallest absolute Gasteiger partial charge is 0.137 e. The number of nitrogens with one attached hydrogen (secondary N) is 1. The van der Waals surface area contributed by atoms with E-state index in [9.17, 15) is 0 Å². The van der Waals surface area contributed by atoms with Gasteiger partial charge in [-0.15, -0.1) is 0 Å². The lowest BCUT2D eigenvalue weighted by molar-refractivity contribution is 0.415. The number of halogens is 1. The van der Waals surface area contributed by atoms with Crippen molar-refractivity contribution in [1.29, 1.82) is 0 Å². The zero-order valence-corrected chi connectivity index (χ0v) is 12.3. The van der Waals surface area contributed by atoms with Gasteiger partial charge in [-0.1, -0.05) is 50.1 Å². The third-order valence-corrected chi connectivity index (χ3v) is 3.14. The number of hydrogen-bond acceptors (Lipinski definition) is 2. The minimum absolute atomic E-state index is 0.518. The number of ether oxygens (including phenoxy) is 1. The number of likely N-dealkylation sites (N-methyl/N-ethyl adjacent to an activating group) is 1. The Labute approximate surface area is 115 Å². The third-order valence-electron chi connectivity index (χ3n) is 2.85. The quantitative estimate of drug-likeness (QED) is 0.841. The van der Waals surface area contributed by atoms with Crippen molar-refractivity contribution < 1.29 is 4.74 Å². The maximum Gasteiger partial charge on any atom is 0.137 e. The molecule has 0 aliphatic carbocycles. The molecule has 0 unspecified atom stereocenters. The van der Waals surface area contributed by atoms with E-state index in [4.69, 9.17) is 16.3 Å². The molecule has 0 fully saturated rings. The minimum atomic E-state index is 0.518. The molecule has 0 bridgehead atoms. The summed E-state index contributed by atoms with van der Waals surface area (Å²) in [6, 6.07) is 5.87. The van der Waals surface area contributed by atoms with Gasteiger partial charge in [-0.2, -0.15) is 0 Å². The van der Waals surface area contributed by atoms with Crippen molar-refractivity contribution in [2.75, 3.05) is 20.2 Å². The Morgan fingerprint density at radius 2 is 2.17 bits per heavy atom. The fourth-order valence-electron chi connectivity index (χ4n) is 1.68. The van der Waals surface area contributed by atoms with Gasteiger partial charge in [-0.05, 0) is 30.2 Å². The van der Waals surface area contributed by atoms with Crippen LogP contribution in [0.25, 0.3) is 6.08 Å². The normalized spacial score (nSPS) is 12.0. The summed E-state index contributed by atoms with van der Waals surface area (Å²) >= 11 is 6.13. The average Bonchev–Trinajstić information content (AvgIpc) is 2.34. The number of rotatable bonds is 6. The molecule has 0 aromatic heterocycles. The molecule has 0 atom stereocenters. The SMILES string of the molecule is CCNCC(=Cc1ccc(OC)c(Cl)c1)C(C)C. The van der Waals surface area contributed by atoms with Crippen molar-refractivity contribution in [2.24, 2.45) is 5.92 Å². The van der Waals surface area contributed by atoms with Crippen molar-refractivity contribution >= 4 is 17.7 Å². The zero-order chi connectivity index (χ0) is 13.5. The molecule has 3 heteroatoms. The van der Waals surface area contributed by atoms with Gasteiger partial charge in [0.25, 0.3) is 0 Å². The van der Waals surface area contributed by atoms with Gasteiger partial charge in [0.1, 0.15) is 5.75 Å². The van der Waals surface area contributed by atoms with Gasteiger partial charge in [0.05, 0.1) is 12.1 Å². The maximum atomic E-state index is 6.13. The summed E-state index contributed by atoms with van der Waals surface area (Å²) in [6.07, 6.45) is 2.19. The van der Waals surface area contributed by atoms with Gasteiger partial charge in [0.2, 0.25) is 0 Å². The molecule has 0 aliphatic heterocycles. The first-order valence-electron chi connectivity index (χ1n) is 6.33. The molecule has 0 amide bonds. The van der Waals surface area contributed by atoms with Crippen LogP contribution < -0.4 is 10.1 Å². The van der Waals surface area contributed by atoms with Gasteiger partial charge < -0.3 is 10.1 Å². The second kappa shape index (κ2) is 7.45. The van der Waals surface area contributed by atoms with Gasteiger partial charge in [0, 0.05) is 6.54 Å². The fourth-order valence-corrected chi connectivity index (χ4v) is 1.94. The highest BCUT2D eigenvalue weighted by Gasteiger charge is 2.05. The molecule has 1 rings (SSSR count). The van der Waals surface area contributed by atoms with Gasteiger partial charge in [0.15, 0.2) is 0 Å². The monoisotopic (exact) mass is 267 g/mol. The summed E-state index contributed by atoms with van der Waals surface area (Å²) in [4.78, 5) is 0. The minimum Gasteiger partial charge on any atom is -0.495 e. The predicted octanol–water partition coefficient (Wildman–Crippen LogP) is 4.00. The van der Waals surface area contributed by atoms with Crippen LogP contribution in [0.1, 0.15) is 26.3 Å². The van der Waals surface area contributed by atoms with Crippen LogP contribution in [0.4, 0.5) is 0 Å². The molecule has 0 saturated heterocycles. The summed E-state index contributed by atoms with van der Waals surface area (Å²) in [6.45, 7) is 8.41. The zero-order valence-electron chi connectivity index (χ0n) is 11.6. The van der Waals surface area contributed by atoms with Crippen molar-refractivity contribution in [3.63, 3.8) is 0 Å². The van der Waals surface area contributed by atoms with Gasteiger partial charge in [-0.3, -0.25) is 0 Å². The topological polar surface area (TPSA) is 21.3 Å². The van der Waals surface area contributed by atoms with Crippen LogP contribution in [0.5, 0.6) is 5.75 Å². The lowest BCUT2D eigenvalue weighted by Gasteiger charge is -2.12. The van der Waals surface area contributed by atoms with E-state index in [2.05, 4.69) is 32.2 Å². The maximum absolute atomic E-state index is 6.13. The predicted molar refractivity (Wildman–Crippen MR) is 79.4 cm³/mol. The van der Waals surface area contributed by atoms with E-state index in [1.165, 1.54) is 5.57 Å². The first kappa shape index (κ1) is 15.1. The number of methoxy groups -OCH3 is 1. The molecular formula is C15H22ClNO. The number of benzene rings is 1. The molecule has 1 aromatic carbocycles. The van der Waals surface area contributed by atoms with Crippen LogP contribution in [0, 0.1) is 5.92 Å². The van der Waals surface area contributed by atoms with Crippen molar-refractivity contribution in [2.45, 2.75) is 20.8 Å². The Morgan fingerprint density at radius 1 is 1.44 bits per heavy atom. The van der Waals surface area contributed by atoms with E-state index in [0.29, 0.717) is 16.7 Å². The van der Waals surface area contributed by atoms with E-state index in [-0.39, 0.29) is 0 Å². The van der Waals surface area contributed by atoms with Crippen LogP contribution in [-0.2, 0) is 0 Å². The largest absolute Gasteiger partial charge is 0.495 e. The highest BCUT2D eigenvalue weighted by Crippen LogP contribution is 2.26. The first-order chi connectivity index (χ1) is 8.58. The van der Waals surface area contributed by atoms with Crippen LogP contribution in [0.2, 0.25) is 5.02 Å². The fraction of sp³-hybridized carbons (Fsp3) is 0.467. The molecule has 1 aromatic rings. The second-order valence-electron chi connectivity index (χ2n) is 4.55. The Balaban J connectivity index is 2.93. The molecule has 0 aliphatic rings. The summed E-state index contributed by atoms with van der Waals surface area (Å²) in [5, 5.41) is 4.01. The Bertz CT molecular complexity index is 413. The Kier molecular flexibility index (Phi) is 6.23. The third kappa shape index (κ3) is 4.35. The van der Waals surface area contributed by atoms with E-state index in [1.807, 2.05) is 18.2 Å². The first-order valence-corrected chi connectivity index (χ1v) is 6.71. The average molecular weight is 268 g/mol. The summed E-state index contributed by atoms with van der Waals surface area (Å²) < 4.78 is 5.15. The van der Waals surface area contributed by atoms with Crippen molar-refractivity contribution in [1.82, 2.24) is 5.32 Å². The van der Waals surface area contributed by atoms with Crippen LogP contribution in [-0.4, -0.2) is 20.2 Å². The lowest BCUT2D eigenvalue weighted by Crippen LogP contribution is -2.18.